The Kier molecular flexibility index (Phi) is 7.09. The number of oxazole rings is 1. The second-order valence-electron chi connectivity index (χ2n) is 10.2. The number of fused-ring (bicyclic) bond motifs is 2. The van der Waals surface area contributed by atoms with Gasteiger partial charge in [0.2, 0.25) is 5.89 Å². The molecule has 0 unspecified atom stereocenters. The SMILES string of the molecule is Cc1c(-c2nc3cc(CO)cc(C#N)c3o2)cccc1-c1cccc(NC(=O)c2nc3c(n2C)CCN(C(=O)O)C3)c1Cl. The monoisotopic (exact) mass is 596 g/mol. The molecule has 0 saturated carbocycles. The van der Waals surface area contributed by atoms with Gasteiger partial charge in [0, 0.05) is 36.8 Å². The van der Waals surface area contributed by atoms with Crippen molar-refractivity contribution in [1.82, 2.24) is 19.4 Å². The summed E-state index contributed by atoms with van der Waals surface area (Å²) in [6, 6.07) is 16.3. The first-order chi connectivity index (χ1) is 20.7. The Bertz CT molecular complexity index is 1990. The van der Waals surface area contributed by atoms with Gasteiger partial charge in [0.1, 0.15) is 11.6 Å². The molecule has 2 aromatic heterocycles. The lowest BCUT2D eigenvalue weighted by Crippen LogP contribution is -2.35. The van der Waals surface area contributed by atoms with E-state index in [1.54, 1.807) is 35.9 Å². The standard InChI is InChI=1S/C31H25ClN6O5/c1-16-19(5-3-6-20(16)30-36-23-12-17(15-39)11-18(13-33)27(23)43-30)21-7-4-8-22(26(21)32)35-29(40)28-34-24-14-38(31(41)42)10-9-25(24)37(28)2/h3-8,11-12,39H,9-10,14-15H2,1-2H3,(H,35,40)(H,41,42). The van der Waals surface area contributed by atoms with Crippen molar-refractivity contribution >= 4 is 40.4 Å². The van der Waals surface area contributed by atoms with Gasteiger partial charge in [-0.2, -0.15) is 5.26 Å². The van der Waals surface area contributed by atoms with Crippen LogP contribution < -0.4 is 5.32 Å². The van der Waals surface area contributed by atoms with Crippen LogP contribution in [0.25, 0.3) is 33.7 Å². The smallest absolute Gasteiger partial charge is 0.407 e. The van der Waals surface area contributed by atoms with Crippen molar-refractivity contribution in [2.75, 3.05) is 11.9 Å². The largest absolute Gasteiger partial charge is 0.465 e. The third-order valence-electron chi connectivity index (χ3n) is 7.68. The Morgan fingerprint density at radius 1 is 1.14 bits per heavy atom. The van der Waals surface area contributed by atoms with E-state index < -0.39 is 12.0 Å². The van der Waals surface area contributed by atoms with E-state index in [-0.39, 0.29) is 24.5 Å². The van der Waals surface area contributed by atoms with Gasteiger partial charge < -0.3 is 29.4 Å². The Hall–Kier alpha value is -5.18. The molecule has 6 rings (SSSR count). The topological polar surface area (TPSA) is 158 Å². The van der Waals surface area contributed by atoms with Crippen LogP contribution in [0.3, 0.4) is 0 Å². The number of nitrogens with zero attached hydrogens (tertiary/aromatic N) is 5. The average molecular weight is 597 g/mol. The molecular weight excluding hydrogens is 572 g/mol. The van der Waals surface area contributed by atoms with Gasteiger partial charge in [0.25, 0.3) is 5.91 Å². The van der Waals surface area contributed by atoms with Gasteiger partial charge in [-0.15, -0.1) is 0 Å². The summed E-state index contributed by atoms with van der Waals surface area (Å²) in [5.74, 6) is 0.0148. The van der Waals surface area contributed by atoms with Crippen molar-refractivity contribution in [3.63, 3.8) is 0 Å². The number of amides is 2. The molecule has 0 bridgehead atoms. The second kappa shape index (κ2) is 10.9. The summed E-state index contributed by atoms with van der Waals surface area (Å²) >= 11 is 6.86. The molecule has 12 heteroatoms. The number of nitriles is 1. The number of anilines is 1. The molecule has 3 N–H and O–H groups in total. The fourth-order valence-electron chi connectivity index (χ4n) is 5.45. The van der Waals surface area contributed by atoms with E-state index in [1.807, 2.05) is 31.2 Å². The van der Waals surface area contributed by atoms with Crippen LogP contribution in [-0.2, 0) is 26.6 Å². The Labute approximate surface area is 250 Å². The van der Waals surface area contributed by atoms with E-state index in [0.717, 1.165) is 16.8 Å². The number of benzene rings is 3. The van der Waals surface area contributed by atoms with Crippen molar-refractivity contribution in [2.45, 2.75) is 26.5 Å². The van der Waals surface area contributed by atoms with Crippen LogP contribution in [-0.4, -0.2) is 48.2 Å². The van der Waals surface area contributed by atoms with Gasteiger partial charge in [0.15, 0.2) is 11.4 Å². The summed E-state index contributed by atoms with van der Waals surface area (Å²) in [5, 5.41) is 31.7. The maximum Gasteiger partial charge on any atom is 0.407 e. The van der Waals surface area contributed by atoms with Crippen molar-refractivity contribution in [3.05, 3.63) is 87.5 Å². The van der Waals surface area contributed by atoms with E-state index in [4.69, 9.17) is 16.0 Å². The third kappa shape index (κ3) is 4.86. The van der Waals surface area contributed by atoms with Gasteiger partial charge >= 0.3 is 6.09 Å². The summed E-state index contributed by atoms with van der Waals surface area (Å²) in [5.41, 5.74) is 6.41. The molecule has 0 atom stereocenters. The van der Waals surface area contributed by atoms with Crippen molar-refractivity contribution in [1.29, 1.82) is 5.26 Å². The molecule has 2 amide bonds. The first-order valence-electron chi connectivity index (χ1n) is 13.4. The zero-order valence-electron chi connectivity index (χ0n) is 23.2. The molecule has 3 aromatic carbocycles. The highest BCUT2D eigenvalue weighted by Crippen LogP contribution is 2.39. The minimum absolute atomic E-state index is 0.123. The number of carboxylic acid groups (broad SMARTS) is 1. The zero-order valence-corrected chi connectivity index (χ0v) is 23.9. The predicted molar refractivity (Wildman–Crippen MR) is 159 cm³/mol. The Morgan fingerprint density at radius 2 is 1.88 bits per heavy atom. The number of halogens is 1. The number of aliphatic hydroxyl groups is 1. The summed E-state index contributed by atoms with van der Waals surface area (Å²) in [6.45, 7) is 2.14. The van der Waals surface area contributed by atoms with Crippen LogP contribution >= 0.6 is 11.6 Å². The third-order valence-corrected chi connectivity index (χ3v) is 8.09. The number of imidazole rings is 1. The van der Waals surface area contributed by atoms with E-state index in [2.05, 4.69) is 21.4 Å². The number of aromatic nitrogens is 3. The molecule has 43 heavy (non-hydrogen) atoms. The highest BCUT2D eigenvalue weighted by atomic mass is 35.5. The number of aliphatic hydroxyl groups excluding tert-OH is 1. The summed E-state index contributed by atoms with van der Waals surface area (Å²) in [4.78, 5) is 35.0. The molecule has 1 aliphatic heterocycles. The van der Waals surface area contributed by atoms with Crippen LogP contribution in [0.15, 0.2) is 52.9 Å². The minimum atomic E-state index is -1.02. The molecule has 11 nitrogen and oxygen atoms in total. The number of hydrogen-bond acceptors (Lipinski definition) is 7. The van der Waals surface area contributed by atoms with Gasteiger partial charge in [-0.3, -0.25) is 4.79 Å². The first kappa shape index (κ1) is 28.0. The number of rotatable bonds is 5. The first-order valence-corrected chi connectivity index (χ1v) is 13.7. The van der Waals surface area contributed by atoms with Crippen LogP contribution in [0.5, 0.6) is 0 Å². The molecule has 3 heterocycles. The molecule has 0 fully saturated rings. The molecular formula is C31H25ClN6O5. The van der Waals surface area contributed by atoms with Gasteiger partial charge in [-0.1, -0.05) is 35.9 Å². The Balaban J connectivity index is 1.32. The van der Waals surface area contributed by atoms with E-state index in [0.29, 0.717) is 63.1 Å². The van der Waals surface area contributed by atoms with E-state index >= 15 is 0 Å². The quantitative estimate of drug-likeness (QED) is 0.240. The normalized spacial score (nSPS) is 12.7. The van der Waals surface area contributed by atoms with Crippen molar-refractivity contribution in [2.24, 2.45) is 7.05 Å². The lowest BCUT2D eigenvalue weighted by Gasteiger charge is -2.23. The molecule has 0 aliphatic carbocycles. The lowest BCUT2D eigenvalue weighted by molar-refractivity contribution is 0.101. The number of carbonyl (C=O) groups excluding carboxylic acids is 1. The highest BCUT2D eigenvalue weighted by Gasteiger charge is 2.28. The van der Waals surface area contributed by atoms with Crippen LogP contribution in [0.1, 0.15) is 38.7 Å². The number of carbonyl (C=O) groups is 2. The van der Waals surface area contributed by atoms with Crippen molar-refractivity contribution in [3.8, 4) is 28.7 Å². The summed E-state index contributed by atoms with van der Waals surface area (Å²) in [6.07, 6.45) is -0.561. The molecule has 0 radical (unpaired) electrons. The van der Waals surface area contributed by atoms with Crippen molar-refractivity contribution < 1.29 is 24.2 Å². The minimum Gasteiger partial charge on any atom is -0.465 e. The fraction of sp³-hybridized carbons (Fsp3) is 0.194. The summed E-state index contributed by atoms with van der Waals surface area (Å²) in [7, 11) is 1.74. The second-order valence-corrected chi connectivity index (χ2v) is 10.6. The van der Waals surface area contributed by atoms with E-state index in [1.165, 1.54) is 4.90 Å². The number of hydrogen-bond donors (Lipinski definition) is 3. The molecule has 5 aromatic rings. The average Bonchev–Trinajstić information content (AvgIpc) is 3.58. The van der Waals surface area contributed by atoms with Crippen LogP contribution in [0.4, 0.5) is 10.5 Å². The molecule has 1 aliphatic rings. The van der Waals surface area contributed by atoms with Crippen LogP contribution in [0.2, 0.25) is 5.02 Å². The van der Waals surface area contributed by atoms with Crippen LogP contribution in [0, 0.1) is 18.3 Å². The lowest BCUT2D eigenvalue weighted by atomic mass is 9.96. The predicted octanol–water partition coefficient (Wildman–Crippen LogP) is 5.51. The van der Waals surface area contributed by atoms with E-state index in [9.17, 15) is 25.1 Å². The zero-order chi connectivity index (χ0) is 30.4. The fourth-order valence-corrected chi connectivity index (χ4v) is 5.72. The Morgan fingerprint density at radius 3 is 2.63 bits per heavy atom. The van der Waals surface area contributed by atoms with Gasteiger partial charge in [-0.25, -0.2) is 14.8 Å². The summed E-state index contributed by atoms with van der Waals surface area (Å²) < 4.78 is 7.71. The number of nitrogens with one attached hydrogen (secondary N) is 1. The van der Waals surface area contributed by atoms with Gasteiger partial charge in [-0.05, 0) is 47.9 Å². The van der Waals surface area contributed by atoms with Gasteiger partial charge in [0.05, 0.1) is 35.1 Å². The highest BCUT2D eigenvalue weighted by molar-refractivity contribution is 6.36. The molecule has 0 spiro atoms. The molecule has 216 valence electrons. The maximum atomic E-state index is 13.3. The molecule has 0 saturated heterocycles. The maximum absolute atomic E-state index is 13.3.